The molecule has 0 fully saturated rings. The zero-order chi connectivity index (χ0) is 23.2. The van der Waals surface area contributed by atoms with E-state index in [9.17, 15) is 17.9 Å². The lowest BCUT2D eigenvalue weighted by atomic mass is 10.0. The zero-order valence-corrected chi connectivity index (χ0v) is 19.6. The van der Waals surface area contributed by atoms with Crippen molar-refractivity contribution in [3.05, 3.63) is 23.6 Å². The number of aromatic nitrogens is 4. The normalized spacial score (nSPS) is 13.7. The number of ether oxygens (including phenoxy) is 1. The van der Waals surface area contributed by atoms with Crippen LogP contribution in [0, 0.1) is 11.9 Å². The molecule has 0 aliphatic carbocycles. The predicted octanol–water partition coefficient (Wildman–Crippen LogP) is 2.46. The van der Waals surface area contributed by atoms with Crippen molar-refractivity contribution >= 4 is 33.7 Å². The van der Waals surface area contributed by atoms with Gasteiger partial charge in [0.05, 0.1) is 26.0 Å². The van der Waals surface area contributed by atoms with Crippen molar-refractivity contribution in [2.45, 2.75) is 43.6 Å². The van der Waals surface area contributed by atoms with Gasteiger partial charge < -0.3 is 15.2 Å². The molecule has 0 saturated carbocycles. The molecule has 13 heteroatoms. The lowest BCUT2D eigenvalue weighted by Crippen LogP contribution is -2.27. The van der Waals surface area contributed by atoms with Crippen LogP contribution in [0.2, 0.25) is 0 Å². The standard InChI is InChI=1S/C18H27FN6O4S2/c1-10(2)8-12(9-26)20-16-22-17(25-31(5,27)28)24-18(23-16)30-11(3)13-6-7-14(29-4)21-15(13)19/h6-7,10-12,26H,8-9H2,1-5H3,(H2,20,22,23,24,25)/t11?,12-/m1/s1. The van der Waals surface area contributed by atoms with Gasteiger partial charge in [-0.05, 0) is 25.3 Å². The van der Waals surface area contributed by atoms with Gasteiger partial charge in [0.15, 0.2) is 5.16 Å². The number of thioether (sulfide) groups is 1. The molecule has 10 nitrogen and oxygen atoms in total. The van der Waals surface area contributed by atoms with Gasteiger partial charge in [-0.25, -0.2) is 8.42 Å². The number of aliphatic hydroxyl groups excluding tert-OH is 1. The summed E-state index contributed by atoms with van der Waals surface area (Å²) in [5, 5.41) is 12.4. The molecule has 0 amide bonds. The Morgan fingerprint density at radius 3 is 2.39 bits per heavy atom. The number of methoxy groups -OCH3 is 1. The van der Waals surface area contributed by atoms with E-state index in [0.717, 1.165) is 18.0 Å². The van der Waals surface area contributed by atoms with Crippen LogP contribution in [0.15, 0.2) is 17.3 Å². The Hall–Kier alpha value is -2.25. The third-order valence-corrected chi connectivity index (χ3v) is 5.54. The van der Waals surface area contributed by atoms with Crippen molar-refractivity contribution in [1.82, 2.24) is 19.9 Å². The molecule has 2 rings (SSSR count). The van der Waals surface area contributed by atoms with E-state index < -0.39 is 21.2 Å². The molecular weight excluding hydrogens is 447 g/mol. The maximum absolute atomic E-state index is 14.3. The van der Waals surface area contributed by atoms with Crippen LogP contribution in [-0.2, 0) is 10.0 Å². The summed E-state index contributed by atoms with van der Waals surface area (Å²) < 4.78 is 44.8. The highest BCUT2D eigenvalue weighted by atomic mass is 32.2. The van der Waals surface area contributed by atoms with E-state index in [2.05, 4.69) is 30.0 Å². The van der Waals surface area contributed by atoms with Crippen LogP contribution >= 0.6 is 11.8 Å². The van der Waals surface area contributed by atoms with Crippen molar-refractivity contribution in [3.63, 3.8) is 0 Å². The van der Waals surface area contributed by atoms with Crippen LogP contribution in [0.4, 0.5) is 16.3 Å². The van der Waals surface area contributed by atoms with Crippen LogP contribution in [-0.4, -0.2) is 59.5 Å². The van der Waals surface area contributed by atoms with Gasteiger partial charge in [0.2, 0.25) is 33.7 Å². The number of nitrogens with one attached hydrogen (secondary N) is 2. The van der Waals surface area contributed by atoms with E-state index in [4.69, 9.17) is 4.74 Å². The SMILES string of the molecule is COc1ccc(C(C)Sc2nc(N[C@@H](CO)CC(C)C)nc(NS(C)(=O)=O)n2)c(F)n1. The third kappa shape index (κ3) is 8.07. The fourth-order valence-corrected chi connectivity index (χ4v) is 4.00. The summed E-state index contributed by atoms with van der Waals surface area (Å²) in [5.41, 5.74) is 0.311. The molecule has 2 aromatic rings. The molecule has 0 radical (unpaired) electrons. The van der Waals surface area contributed by atoms with Gasteiger partial charge in [-0.1, -0.05) is 25.6 Å². The van der Waals surface area contributed by atoms with Gasteiger partial charge in [-0.2, -0.15) is 24.3 Å². The summed E-state index contributed by atoms with van der Waals surface area (Å²) in [7, 11) is -2.23. The molecule has 0 aliphatic rings. The van der Waals surface area contributed by atoms with Crippen molar-refractivity contribution in [3.8, 4) is 5.88 Å². The predicted molar refractivity (Wildman–Crippen MR) is 117 cm³/mol. The Bertz CT molecular complexity index is 993. The topological polar surface area (TPSA) is 139 Å². The molecule has 172 valence electrons. The summed E-state index contributed by atoms with van der Waals surface area (Å²) in [6.07, 6.45) is 1.63. The molecule has 0 aliphatic heterocycles. The Morgan fingerprint density at radius 2 is 1.84 bits per heavy atom. The highest BCUT2D eigenvalue weighted by molar-refractivity contribution is 7.99. The van der Waals surface area contributed by atoms with Crippen molar-refractivity contribution in [2.24, 2.45) is 5.92 Å². The fraction of sp³-hybridized carbons (Fsp3) is 0.556. The minimum Gasteiger partial charge on any atom is -0.481 e. The average Bonchev–Trinajstić information content (AvgIpc) is 2.65. The molecule has 31 heavy (non-hydrogen) atoms. The summed E-state index contributed by atoms with van der Waals surface area (Å²) in [4.78, 5) is 16.2. The van der Waals surface area contributed by atoms with E-state index in [-0.39, 0.29) is 35.6 Å². The maximum atomic E-state index is 14.3. The van der Waals surface area contributed by atoms with Crippen LogP contribution in [0.25, 0.3) is 0 Å². The Labute approximate surface area is 185 Å². The maximum Gasteiger partial charge on any atom is 0.242 e. The Kier molecular flexibility index (Phi) is 8.77. The number of hydrogen-bond donors (Lipinski definition) is 3. The number of halogens is 1. The summed E-state index contributed by atoms with van der Waals surface area (Å²) in [6.45, 7) is 5.61. The molecule has 0 bridgehead atoms. The molecule has 0 aromatic carbocycles. The van der Waals surface area contributed by atoms with Crippen LogP contribution in [0.3, 0.4) is 0 Å². The second-order valence-corrected chi connectivity index (χ2v) is 10.3. The summed E-state index contributed by atoms with van der Waals surface area (Å²) in [6, 6.07) is 2.77. The molecule has 0 saturated heterocycles. The second kappa shape index (κ2) is 10.9. The summed E-state index contributed by atoms with van der Waals surface area (Å²) in [5.74, 6) is -0.295. The lowest BCUT2D eigenvalue weighted by molar-refractivity contribution is 0.259. The van der Waals surface area contributed by atoms with Gasteiger partial charge in [-0.15, -0.1) is 0 Å². The molecule has 3 N–H and O–H groups in total. The monoisotopic (exact) mass is 474 g/mol. The molecule has 2 heterocycles. The summed E-state index contributed by atoms with van der Waals surface area (Å²) >= 11 is 1.11. The highest BCUT2D eigenvalue weighted by Crippen LogP contribution is 2.35. The van der Waals surface area contributed by atoms with E-state index in [1.807, 2.05) is 13.8 Å². The zero-order valence-electron chi connectivity index (χ0n) is 18.0. The number of hydrogen-bond acceptors (Lipinski definition) is 10. The fourth-order valence-electron chi connectivity index (χ4n) is 2.68. The number of sulfonamides is 1. The second-order valence-electron chi connectivity index (χ2n) is 7.29. The number of aliphatic hydroxyl groups is 1. The molecule has 2 atom stereocenters. The van der Waals surface area contributed by atoms with Crippen LogP contribution in [0.1, 0.15) is 38.0 Å². The number of rotatable bonds is 11. The Balaban J connectivity index is 2.33. The first-order chi connectivity index (χ1) is 14.5. The third-order valence-electron chi connectivity index (χ3n) is 3.98. The molecule has 2 aromatic heterocycles. The number of nitrogens with zero attached hydrogens (tertiary/aromatic N) is 4. The first-order valence-corrected chi connectivity index (χ1v) is 12.3. The van der Waals surface area contributed by atoms with Crippen LogP contribution < -0.4 is 14.8 Å². The average molecular weight is 475 g/mol. The van der Waals surface area contributed by atoms with Gasteiger partial charge in [0, 0.05) is 16.9 Å². The Morgan fingerprint density at radius 1 is 1.16 bits per heavy atom. The van der Waals surface area contributed by atoms with Crippen molar-refractivity contribution in [2.75, 3.05) is 30.0 Å². The highest BCUT2D eigenvalue weighted by Gasteiger charge is 2.19. The molecule has 0 spiro atoms. The molecular formula is C18H27FN6O4S2. The van der Waals surface area contributed by atoms with Gasteiger partial charge in [0.25, 0.3) is 0 Å². The lowest BCUT2D eigenvalue weighted by Gasteiger charge is -2.19. The van der Waals surface area contributed by atoms with E-state index in [1.54, 1.807) is 19.1 Å². The van der Waals surface area contributed by atoms with Crippen LogP contribution in [0.5, 0.6) is 5.88 Å². The first-order valence-electron chi connectivity index (χ1n) is 9.49. The smallest absolute Gasteiger partial charge is 0.242 e. The van der Waals surface area contributed by atoms with E-state index >= 15 is 0 Å². The minimum atomic E-state index is -3.63. The quantitative estimate of drug-likeness (QED) is 0.329. The van der Waals surface area contributed by atoms with Gasteiger partial charge in [-0.3, -0.25) is 4.72 Å². The van der Waals surface area contributed by atoms with Crippen molar-refractivity contribution < 1.29 is 22.7 Å². The number of anilines is 2. The van der Waals surface area contributed by atoms with E-state index in [0.29, 0.717) is 17.9 Å². The minimum absolute atomic E-state index is 0.101. The largest absolute Gasteiger partial charge is 0.481 e. The number of pyridine rings is 1. The first kappa shape index (κ1) is 25.0. The van der Waals surface area contributed by atoms with E-state index in [1.165, 1.54) is 7.11 Å². The molecule has 1 unspecified atom stereocenters. The van der Waals surface area contributed by atoms with Crippen molar-refractivity contribution in [1.29, 1.82) is 0 Å². The van der Waals surface area contributed by atoms with Gasteiger partial charge >= 0.3 is 0 Å². The van der Waals surface area contributed by atoms with Gasteiger partial charge in [0.1, 0.15) is 0 Å².